The van der Waals surface area contributed by atoms with Crippen molar-refractivity contribution in [3.63, 3.8) is 0 Å². The average molecular weight is 373 g/mol. The van der Waals surface area contributed by atoms with Gasteiger partial charge in [0, 0.05) is 6.54 Å². The van der Waals surface area contributed by atoms with Crippen molar-refractivity contribution in [3.8, 4) is 0 Å². The van der Waals surface area contributed by atoms with Gasteiger partial charge in [-0.2, -0.15) is 18.2 Å². The first-order valence-electron chi connectivity index (χ1n) is 7.44. The summed E-state index contributed by atoms with van der Waals surface area (Å²) in [7, 11) is 0. The Hall–Kier alpha value is -2.91. The molecule has 0 bridgehead atoms. The van der Waals surface area contributed by atoms with E-state index in [9.17, 15) is 17.6 Å². The minimum atomic E-state index is -4.64. The van der Waals surface area contributed by atoms with Crippen LogP contribution in [0, 0.1) is 12.7 Å². The molecule has 0 aliphatic heterocycles. The zero-order valence-corrected chi connectivity index (χ0v) is 14.0. The minimum absolute atomic E-state index is 0.0686. The molecule has 0 saturated heterocycles. The predicted octanol–water partition coefficient (Wildman–Crippen LogP) is 1.80. The highest BCUT2D eigenvalue weighted by atomic mass is 19.4. The molecule has 6 N–H and O–H groups in total. The molecule has 10 heteroatoms. The van der Waals surface area contributed by atoms with Crippen molar-refractivity contribution < 1.29 is 22.4 Å². The molecule has 0 aromatic heterocycles. The third-order valence-electron chi connectivity index (χ3n) is 3.33. The fourth-order valence-corrected chi connectivity index (χ4v) is 2.23. The molecule has 1 aromatic carbocycles. The maximum absolute atomic E-state index is 13.5. The molecule has 1 aliphatic rings. The number of allylic oxidation sites excluding steroid dienone is 1. The number of nitrogens with zero attached hydrogens (tertiary/aromatic N) is 2. The van der Waals surface area contributed by atoms with Crippen molar-refractivity contribution in [1.29, 1.82) is 0 Å². The Morgan fingerprint density at radius 1 is 1.27 bits per heavy atom. The number of hydrogen-bond donors (Lipinski definition) is 3. The number of carbonyl (C=O) groups excluding carboxylic acids is 1. The van der Waals surface area contributed by atoms with Crippen molar-refractivity contribution in [1.82, 2.24) is 0 Å². The molecule has 142 valence electrons. The van der Waals surface area contributed by atoms with Gasteiger partial charge in [-0.25, -0.2) is 4.39 Å². The van der Waals surface area contributed by atoms with Crippen LogP contribution in [0.3, 0.4) is 0 Å². The van der Waals surface area contributed by atoms with E-state index in [1.807, 2.05) is 6.07 Å². The largest absolute Gasteiger partial charge is 0.446 e. The van der Waals surface area contributed by atoms with Crippen LogP contribution in [0.5, 0.6) is 0 Å². The number of nitrogens with two attached hydrogens (primary N) is 3. The second kappa shape index (κ2) is 8.97. The Morgan fingerprint density at radius 2 is 1.88 bits per heavy atom. The van der Waals surface area contributed by atoms with Gasteiger partial charge >= 0.3 is 6.18 Å². The van der Waals surface area contributed by atoms with Gasteiger partial charge in [-0.05, 0) is 54.2 Å². The van der Waals surface area contributed by atoms with Crippen molar-refractivity contribution in [2.24, 2.45) is 27.2 Å². The molecular formula is C16H19F4N5O. The van der Waals surface area contributed by atoms with Gasteiger partial charge in [0.15, 0.2) is 5.96 Å². The van der Waals surface area contributed by atoms with E-state index < -0.39 is 12.5 Å². The lowest BCUT2D eigenvalue weighted by Crippen LogP contribution is -2.26. The number of aldehydes is 1. The number of carbonyl (C=O) groups is 1. The predicted molar refractivity (Wildman–Crippen MR) is 91.9 cm³/mol. The normalized spacial score (nSPS) is 13.3. The van der Waals surface area contributed by atoms with Gasteiger partial charge in [-0.3, -0.25) is 9.79 Å². The van der Waals surface area contributed by atoms with E-state index in [0.29, 0.717) is 12.1 Å². The molecule has 0 radical (unpaired) electrons. The topological polar surface area (TPSA) is 120 Å². The molecule has 1 aliphatic carbocycles. The molecule has 0 atom stereocenters. The molecule has 0 unspecified atom stereocenters. The first-order chi connectivity index (χ1) is 12.0. The van der Waals surface area contributed by atoms with Crippen LogP contribution in [-0.4, -0.2) is 30.9 Å². The maximum Gasteiger partial charge on any atom is 0.446 e. The number of hydrogen-bond acceptors (Lipinski definition) is 2. The van der Waals surface area contributed by atoms with Crippen LogP contribution in [0.4, 0.5) is 17.6 Å². The first kappa shape index (κ1) is 21.1. The van der Waals surface area contributed by atoms with Gasteiger partial charge < -0.3 is 17.2 Å². The molecule has 0 amide bonds. The number of aryl methyl sites for hydroxylation is 1. The van der Waals surface area contributed by atoms with Gasteiger partial charge in [0.05, 0.1) is 0 Å². The number of halogens is 4. The van der Waals surface area contributed by atoms with Crippen LogP contribution < -0.4 is 17.2 Å². The van der Waals surface area contributed by atoms with Crippen molar-refractivity contribution in [2.75, 3.05) is 6.54 Å². The zero-order chi connectivity index (χ0) is 19.9. The number of aliphatic imine (C=N–C) groups is 2. The lowest BCUT2D eigenvalue weighted by atomic mass is 10.0. The monoisotopic (exact) mass is 373 g/mol. The fraction of sp³-hybridized carbons (Fsp3) is 0.312. The third-order valence-corrected chi connectivity index (χ3v) is 3.33. The van der Waals surface area contributed by atoms with Crippen LogP contribution in [0.25, 0.3) is 5.57 Å². The summed E-state index contributed by atoms with van der Waals surface area (Å²) in [5, 5.41) is 0. The number of fused-ring (bicyclic) bond motifs is 1. The van der Waals surface area contributed by atoms with E-state index in [2.05, 4.69) is 16.1 Å². The van der Waals surface area contributed by atoms with E-state index in [1.54, 1.807) is 13.0 Å². The van der Waals surface area contributed by atoms with Gasteiger partial charge in [0.2, 0.25) is 12.2 Å². The molecule has 0 saturated carbocycles. The molecule has 2 rings (SSSR count). The fourth-order valence-electron chi connectivity index (χ4n) is 2.23. The summed E-state index contributed by atoms with van der Waals surface area (Å²) in [6, 6.07) is 3.48. The second-order valence-corrected chi connectivity index (χ2v) is 5.38. The molecule has 26 heavy (non-hydrogen) atoms. The summed E-state index contributed by atoms with van der Waals surface area (Å²) in [6.07, 6.45) is -2.13. The number of guanidine groups is 2. The summed E-state index contributed by atoms with van der Waals surface area (Å²) >= 11 is 0. The van der Waals surface area contributed by atoms with Crippen LogP contribution in [-0.2, 0) is 11.2 Å². The van der Waals surface area contributed by atoms with Gasteiger partial charge in [-0.1, -0.05) is 6.08 Å². The summed E-state index contributed by atoms with van der Waals surface area (Å²) in [5.74, 6) is -0.199. The van der Waals surface area contributed by atoms with Crippen molar-refractivity contribution in [3.05, 3.63) is 40.7 Å². The zero-order valence-electron chi connectivity index (χ0n) is 14.0. The highest BCUT2D eigenvalue weighted by Gasteiger charge is 2.24. The van der Waals surface area contributed by atoms with Crippen LogP contribution in [0.2, 0.25) is 0 Å². The number of rotatable bonds is 3. The van der Waals surface area contributed by atoms with E-state index in [1.165, 1.54) is 0 Å². The number of benzene rings is 1. The van der Waals surface area contributed by atoms with E-state index in [4.69, 9.17) is 22.0 Å². The van der Waals surface area contributed by atoms with Gasteiger partial charge in [0.25, 0.3) is 0 Å². The summed E-state index contributed by atoms with van der Waals surface area (Å²) in [6.45, 7) is 2.25. The minimum Gasteiger partial charge on any atom is -0.370 e. The summed E-state index contributed by atoms with van der Waals surface area (Å²) in [5.41, 5.74) is 19.9. The molecule has 6 nitrogen and oxygen atoms in total. The number of alkyl halides is 3. The second-order valence-electron chi connectivity index (χ2n) is 5.38. The molecular weight excluding hydrogens is 354 g/mol. The van der Waals surface area contributed by atoms with Crippen LogP contribution in [0.1, 0.15) is 23.1 Å². The van der Waals surface area contributed by atoms with Crippen molar-refractivity contribution in [2.45, 2.75) is 25.9 Å². The smallest absolute Gasteiger partial charge is 0.370 e. The summed E-state index contributed by atoms with van der Waals surface area (Å²) < 4.78 is 44.7. The third kappa shape index (κ3) is 6.91. The Morgan fingerprint density at radius 3 is 2.42 bits per heavy atom. The lowest BCUT2D eigenvalue weighted by molar-refractivity contribution is -0.156. The van der Waals surface area contributed by atoms with Crippen molar-refractivity contribution >= 4 is 23.8 Å². The van der Waals surface area contributed by atoms with Gasteiger partial charge in [-0.15, -0.1) is 0 Å². The Balaban J connectivity index is 0.000000487. The Kier molecular flexibility index (Phi) is 7.29. The Bertz CT molecular complexity index is 750. The average Bonchev–Trinajstić information content (AvgIpc) is 2.89. The SMILES string of the molecule is Cc1cc2c(cc1F)CC=C2CCN=C(N)N=C(N)N.O=CC(F)(F)F. The van der Waals surface area contributed by atoms with E-state index in [-0.39, 0.29) is 17.7 Å². The highest BCUT2D eigenvalue weighted by molar-refractivity contribution is 5.92. The summed E-state index contributed by atoms with van der Waals surface area (Å²) in [4.78, 5) is 16.4. The molecule has 1 aromatic rings. The van der Waals surface area contributed by atoms with Gasteiger partial charge in [0.1, 0.15) is 5.82 Å². The first-order valence-corrected chi connectivity index (χ1v) is 7.44. The molecule has 0 fully saturated rings. The highest BCUT2D eigenvalue weighted by Crippen LogP contribution is 2.31. The molecule has 0 spiro atoms. The van der Waals surface area contributed by atoms with Crippen LogP contribution >= 0.6 is 0 Å². The quantitative estimate of drug-likeness (QED) is 0.324. The molecule has 0 heterocycles. The van der Waals surface area contributed by atoms with E-state index >= 15 is 0 Å². The Labute approximate surface area is 147 Å². The van der Waals surface area contributed by atoms with E-state index in [0.717, 1.165) is 29.5 Å². The van der Waals surface area contributed by atoms with Crippen LogP contribution in [0.15, 0.2) is 28.2 Å². The lowest BCUT2D eigenvalue weighted by Gasteiger charge is -2.07. The standard InChI is InChI=1S/C14H18FN5.C2HF3O/c1-8-6-11-9(2-3-10(11)7-12(8)15)4-5-19-14(18)20-13(16)17;3-2(4,5)1-6/h2,6-7H,3-5H2,1H3,(H6,16,17,18,19,20);1H. The maximum atomic E-state index is 13.5.